The first-order valence-electron chi connectivity index (χ1n) is 10.5. The Morgan fingerprint density at radius 1 is 0.935 bits per heavy atom. The van der Waals surface area contributed by atoms with Crippen LogP contribution in [-0.2, 0) is 22.8 Å². The van der Waals surface area contributed by atoms with Crippen molar-refractivity contribution in [1.29, 1.82) is 0 Å². The van der Waals surface area contributed by atoms with Gasteiger partial charge in [0, 0.05) is 31.5 Å². The molecular formula is C23H32N4O3S. The molecule has 1 amide bonds. The van der Waals surface area contributed by atoms with Gasteiger partial charge in [-0.2, -0.15) is 0 Å². The monoisotopic (exact) mass is 444 g/mol. The highest BCUT2D eigenvalue weighted by molar-refractivity contribution is 7.90. The zero-order chi connectivity index (χ0) is 22.7. The first-order chi connectivity index (χ1) is 14.8. The molecule has 0 unspecified atom stereocenters. The molecule has 0 bridgehead atoms. The van der Waals surface area contributed by atoms with Gasteiger partial charge in [-0.15, -0.1) is 0 Å². The van der Waals surface area contributed by atoms with Crippen LogP contribution in [0.4, 0.5) is 0 Å². The van der Waals surface area contributed by atoms with Crippen molar-refractivity contribution in [1.82, 2.24) is 16.0 Å². The number of carbonyl (C=O) groups is 1. The van der Waals surface area contributed by atoms with Gasteiger partial charge >= 0.3 is 0 Å². The van der Waals surface area contributed by atoms with Gasteiger partial charge in [-0.25, -0.2) is 13.4 Å². The molecule has 0 atom stereocenters. The lowest BCUT2D eigenvalue weighted by atomic mass is 10.1. The fraction of sp³-hybridized carbons (Fsp3) is 0.391. The van der Waals surface area contributed by atoms with Gasteiger partial charge in [0.15, 0.2) is 15.8 Å². The van der Waals surface area contributed by atoms with E-state index in [9.17, 15) is 13.2 Å². The quantitative estimate of drug-likeness (QED) is 0.386. The van der Waals surface area contributed by atoms with E-state index in [1.54, 1.807) is 18.2 Å². The molecular weight excluding hydrogens is 412 g/mol. The van der Waals surface area contributed by atoms with Crippen molar-refractivity contribution in [2.45, 2.75) is 38.1 Å². The number of carbonyl (C=O) groups excluding carboxylic acids is 1. The third kappa shape index (κ3) is 8.41. The lowest BCUT2D eigenvalue weighted by molar-refractivity contribution is 0.0953. The van der Waals surface area contributed by atoms with Crippen molar-refractivity contribution in [3.63, 3.8) is 0 Å². The van der Waals surface area contributed by atoms with Crippen LogP contribution in [0.25, 0.3) is 0 Å². The summed E-state index contributed by atoms with van der Waals surface area (Å²) in [4.78, 5) is 17.1. The smallest absolute Gasteiger partial charge is 0.251 e. The van der Waals surface area contributed by atoms with Gasteiger partial charge in [-0.1, -0.05) is 31.2 Å². The van der Waals surface area contributed by atoms with Crippen LogP contribution >= 0.6 is 0 Å². The molecule has 0 aliphatic heterocycles. The molecule has 168 valence electrons. The summed E-state index contributed by atoms with van der Waals surface area (Å²) in [6.45, 7) is 6.52. The Morgan fingerprint density at radius 2 is 1.68 bits per heavy atom. The number of hydrogen-bond acceptors (Lipinski definition) is 4. The molecule has 0 aliphatic rings. The first kappa shape index (κ1) is 24.4. The van der Waals surface area contributed by atoms with Crippen LogP contribution in [0, 0.1) is 0 Å². The molecule has 0 saturated carbocycles. The number of nitrogens with one attached hydrogen (secondary N) is 3. The highest BCUT2D eigenvalue weighted by Crippen LogP contribution is 2.10. The Kier molecular flexibility index (Phi) is 9.52. The van der Waals surface area contributed by atoms with Crippen LogP contribution in [-0.4, -0.2) is 46.2 Å². The Labute approximate surface area is 185 Å². The summed E-state index contributed by atoms with van der Waals surface area (Å²) in [5.41, 5.74) is 2.64. The van der Waals surface area contributed by atoms with Crippen LogP contribution < -0.4 is 16.0 Å². The maximum Gasteiger partial charge on any atom is 0.251 e. The molecule has 0 spiro atoms. The third-order valence-corrected chi connectivity index (χ3v) is 5.67. The van der Waals surface area contributed by atoms with E-state index >= 15 is 0 Å². The van der Waals surface area contributed by atoms with Crippen molar-refractivity contribution >= 4 is 21.7 Å². The number of hydrogen-bond donors (Lipinski definition) is 3. The van der Waals surface area contributed by atoms with E-state index in [0.717, 1.165) is 30.5 Å². The van der Waals surface area contributed by atoms with Gasteiger partial charge in [0.25, 0.3) is 5.91 Å². The number of sulfone groups is 1. The van der Waals surface area contributed by atoms with E-state index in [-0.39, 0.29) is 5.91 Å². The summed E-state index contributed by atoms with van der Waals surface area (Å²) in [5.74, 6) is 0.621. The minimum absolute atomic E-state index is 0.0698. The highest BCUT2D eigenvalue weighted by atomic mass is 32.2. The van der Waals surface area contributed by atoms with Crippen LogP contribution in [0.1, 0.15) is 41.8 Å². The van der Waals surface area contributed by atoms with Gasteiger partial charge in [0.2, 0.25) is 0 Å². The number of nitrogens with zero attached hydrogens (tertiary/aromatic N) is 1. The summed E-state index contributed by atoms with van der Waals surface area (Å²) in [6, 6.07) is 14.4. The van der Waals surface area contributed by atoms with Crippen molar-refractivity contribution in [2.75, 3.05) is 25.9 Å². The third-order valence-electron chi connectivity index (χ3n) is 4.55. The lowest BCUT2D eigenvalue weighted by Crippen LogP contribution is -2.38. The Hall–Kier alpha value is -2.87. The molecule has 0 radical (unpaired) electrons. The minimum Gasteiger partial charge on any atom is -0.357 e. The van der Waals surface area contributed by atoms with E-state index < -0.39 is 9.84 Å². The second-order valence-corrected chi connectivity index (χ2v) is 9.26. The lowest BCUT2D eigenvalue weighted by Gasteiger charge is -2.12. The molecule has 31 heavy (non-hydrogen) atoms. The molecule has 0 heterocycles. The predicted molar refractivity (Wildman–Crippen MR) is 125 cm³/mol. The van der Waals surface area contributed by atoms with Crippen molar-refractivity contribution in [2.24, 2.45) is 4.99 Å². The van der Waals surface area contributed by atoms with E-state index in [4.69, 9.17) is 0 Å². The van der Waals surface area contributed by atoms with Gasteiger partial charge < -0.3 is 16.0 Å². The first-order valence-corrected chi connectivity index (χ1v) is 12.4. The molecule has 0 fully saturated rings. The SMILES string of the molecule is CCCNC(=O)c1cccc(CN=C(NCC)NCCc2ccc(S(C)(=O)=O)cc2)c1. The predicted octanol–water partition coefficient (Wildman–Crippen LogP) is 2.53. The Bertz CT molecular complexity index is 986. The van der Waals surface area contributed by atoms with E-state index in [1.807, 2.05) is 44.2 Å². The molecule has 0 aromatic heterocycles. The van der Waals surface area contributed by atoms with Crippen LogP contribution in [0.2, 0.25) is 0 Å². The topological polar surface area (TPSA) is 99.7 Å². The molecule has 0 saturated heterocycles. The van der Waals surface area contributed by atoms with Crippen molar-refractivity contribution < 1.29 is 13.2 Å². The molecule has 2 aromatic carbocycles. The summed E-state index contributed by atoms with van der Waals surface area (Å²) in [6.07, 6.45) is 2.84. The number of benzene rings is 2. The summed E-state index contributed by atoms with van der Waals surface area (Å²) < 4.78 is 23.1. The van der Waals surface area contributed by atoms with Gasteiger partial charge in [0.05, 0.1) is 11.4 Å². The van der Waals surface area contributed by atoms with Gasteiger partial charge in [0.1, 0.15) is 0 Å². The average molecular weight is 445 g/mol. The molecule has 7 nitrogen and oxygen atoms in total. The molecule has 2 rings (SSSR count). The van der Waals surface area contributed by atoms with Crippen molar-refractivity contribution in [3.8, 4) is 0 Å². The number of guanidine groups is 1. The Balaban J connectivity index is 1.94. The number of rotatable bonds is 10. The van der Waals surface area contributed by atoms with E-state index in [0.29, 0.717) is 36.1 Å². The van der Waals surface area contributed by atoms with E-state index in [1.165, 1.54) is 6.26 Å². The largest absolute Gasteiger partial charge is 0.357 e. The maximum absolute atomic E-state index is 12.1. The number of aliphatic imine (C=N–C) groups is 1. The Morgan fingerprint density at radius 3 is 2.32 bits per heavy atom. The highest BCUT2D eigenvalue weighted by Gasteiger charge is 2.07. The second kappa shape index (κ2) is 12.1. The summed E-state index contributed by atoms with van der Waals surface area (Å²) in [7, 11) is -3.18. The molecule has 8 heteroatoms. The van der Waals surface area contributed by atoms with Crippen LogP contribution in [0.3, 0.4) is 0 Å². The standard InChI is InChI=1S/C23H32N4O3S/c1-4-14-25-22(28)20-8-6-7-19(16-20)17-27-23(24-5-2)26-15-13-18-9-11-21(12-10-18)31(3,29)30/h6-12,16H,4-5,13-15,17H2,1-3H3,(H,25,28)(H2,24,26,27). The fourth-order valence-electron chi connectivity index (χ4n) is 2.89. The van der Waals surface area contributed by atoms with Crippen LogP contribution in [0.15, 0.2) is 58.4 Å². The fourth-order valence-corrected chi connectivity index (χ4v) is 3.52. The second-order valence-electron chi connectivity index (χ2n) is 7.24. The summed E-state index contributed by atoms with van der Waals surface area (Å²) >= 11 is 0. The molecule has 3 N–H and O–H groups in total. The zero-order valence-electron chi connectivity index (χ0n) is 18.4. The minimum atomic E-state index is -3.18. The molecule has 0 aliphatic carbocycles. The average Bonchev–Trinajstić information content (AvgIpc) is 2.75. The zero-order valence-corrected chi connectivity index (χ0v) is 19.3. The van der Waals surface area contributed by atoms with Gasteiger partial charge in [-0.3, -0.25) is 4.79 Å². The molecule has 2 aromatic rings. The summed E-state index contributed by atoms with van der Waals surface area (Å²) in [5, 5.41) is 9.39. The van der Waals surface area contributed by atoms with E-state index in [2.05, 4.69) is 20.9 Å². The normalized spacial score (nSPS) is 11.8. The maximum atomic E-state index is 12.1. The number of amides is 1. The van der Waals surface area contributed by atoms with Crippen LogP contribution in [0.5, 0.6) is 0 Å². The van der Waals surface area contributed by atoms with Gasteiger partial charge in [-0.05, 0) is 55.2 Å². The van der Waals surface area contributed by atoms with Crippen molar-refractivity contribution in [3.05, 3.63) is 65.2 Å².